The van der Waals surface area contributed by atoms with Crippen molar-refractivity contribution in [2.45, 2.75) is 40.0 Å². The summed E-state index contributed by atoms with van der Waals surface area (Å²) >= 11 is 0. The van der Waals surface area contributed by atoms with Crippen LogP contribution in [0.2, 0.25) is 0 Å². The highest BCUT2D eigenvalue weighted by Crippen LogP contribution is 2.40. The average Bonchev–Trinajstić information content (AvgIpc) is 2.42. The number of nitriles is 1. The number of methoxy groups -OCH3 is 1. The Morgan fingerprint density at radius 1 is 1.57 bits per heavy atom. The van der Waals surface area contributed by atoms with Gasteiger partial charge in [0.2, 0.25) is 5.91 Å². The van der Waals surface area contributed by atoms with Crippen molar-refractivity contribution in [3.63, 3.8) is 0 Å². The number of carbonyl (C=O) groups is 1. The van der Waals surface area contributed by atoms with Gasteiger partial charge in [-0.25, -0.2) is 0 Å². The fourth-order valence-electron chi connectivity index (χ4n) is 3.20. The molecule has 1 aliphatic carbocycles. The quantitative estimate of drug-likeness (QED) is 0.579. The van der Waals surface area contributed by atoms with Gasteiger partial charge in [0.25, 0.3) is 0 Å². The van der Waals surface area contributed by atoms with Crippen LogP contribution in [0.5, 0.6) is 0 Å². The lowest BCUT2D eigenvalue weighted by Gasteiger charge is -2.36. The zero-order valence-corrected chi connectivity index (χ0v) is 13.7. The molecule has 0 aliphatic heterocycles. The smallest absolute Gasteiger partial charge is 0.220 e. The third-order valence-corrected chi connectivity index (χ3v) is 4.47. The summed E-state index contributed by atoms with van der Waals surface area (Å²) in [5, 5.41) is 11.9. The third-order valence-electron chi connectivity index (χ3n) is 4.47. The van der Waals surface area contributed by atoms with Gasteiger partial charge >= 0.3 is 0 Å². The molecular weight excluding hydrogens is 264 g/mol. The van der Waals surface area contributed by atoms with Gasteiger partial charge in [-0.1, -0.05) is 25.5 Å². The summed E-state index contributed by atoms with van der Waals surface area (Å²) in [6, 6.07) is 2.30. The molecule has 0 bridgehead atoms. The van der Waals surface area contributed by atoms with Gasteiger partial charge in [0, 0.05) is 26.5 Å². The Kier molecular flexibility index (Phi) is 7.45. The number of carbonyl (C=O) groups excluding carboxylic acids is 1. The molecule has 0 saturated heterocycles. The first-order valence-electron chi connectivity index (χ1n) is 7.80. The van der Waals surface area contributed by atoms with Gasteiger partial charge < -0.3 is 10.1 Å². The van der Waals surface area contributed by atoms with E-state index in [1.165, 1.54) is 5.57 Å². The Bertz CT molecular complexity index is 410. The number of hydrogen-bond donors (Lipinski definition) is 1. The molecule has 4 nitrogen and oxygen atoms in total. The number of hydrogen-bond acceptors (Lipinski definition) is 3. The van der Waals surface area contributed by atoms with E-state index in [4.69, 9.17) is 10.00 Å². The molecule has 3 atom stereocenters. The molecule has 4 heteroatoms. The second kappa shape index (κ2) is 8.84. The minimum absolute atomic E-state index is 0.0889. The molecule has 1 aliphatic rings. The maximum Gasteiger partial charge on any atom is 0.220 e. The lowest BCUT2D eigenvalue weighted by atomic mass is 9.69. The van der Waals surface area contributed by atoms with Crippen molar-refractivity contribution < 1.29 is 9.53 Å². The molecule has 1 amide bonds. The Morgan fingerprint density at radius 3 is 2.86 bits per heavy atom. The molecule has 0 spiro atoms. The summed E-state index contributed by atoms with van der Waals surface area (Å²) in [6.45, 7) is 7.62. The summed E-state index contributed by atoms with van der Waals surface area (Å²) in [4.78, 5) is 12.0. The zero-order valence-electron chi connectivity index (χ0n) is 13.7. The molecule has 118 valence electrons. The Labute approximate surface area is 128 Å². The largest absolute Gasteiger partial charge is 0.383 e. The minimum atomic E-state index is 0.0889. The Hall–Kier alpha value is -1.34. The molecule has 1 N–H and O–H groups in total. The number of nitrogens with one attached hydrogen (secondary N) is 1. The highest BCUT2D eigenvalue weighted by Gasteiger charge is 2.32. The predicted octanol–water partition coefficient (Wildman–Crippen LogP) is 2.91. The van der Waals surface area contributed by atoms with E-state index in [1.54, 1.807) is 7.11 Å². The molecular formula is C17H28N2O2. The molecule has 0 radical (unpaired) electrons. The van der Waals surface area contributed by atoms with Crippen LogP contribution >= 0.6 is 0 Å². The van der Waals surface area contributed by atoms with E-state index in [-0.39, 0.29) is 5.91 Å². The van der Waals surface area contributed by atoms with Crippen LogP contribution in [0.3, 0.4) is 0 Å². The van der Waals surface area contributed by atoms with Gasteiger partial charge in [0.15, 0.2) is 0 Å². The van der Waals surface area contributed by atoms with Crippen LogP contribution in [0.15, 0.2) is 11.6 Å². The molecule has 0 heterocycles. The Morgan fingerprint density at radius 2 is 2.29 bits per heavy atom. The molecule has 0 aromatic rings. The summed E-state index contributed by atoms with van der Waals surface area (Å²) in [5.74, 6) is 1.75. The highest BCUT2D eigenvalue weighted by atomic mass is 16.5. The van der Waals surface area contributed by atoms with Gasteiger partial charge in [-0.2, -0.15) is 5.26 Å². The van der Waals surface area contributed by atoms with Crippen LogP contribution in [0, 0.1) is 35.0 Å². The molecule has 21 heavy (non-hydrogen) atoms. The van der Waals surface area contributed by atoms with Crippen LogP contribution < -0.4 is 5.32 Å². The Balaban J connectivity index is 2.65. The molecule has 1 rings (SSSR count). The summed E-state index contributed by atoms with van der Waals surface area (Å²) in [6.07, 6.45) is 4.34. The standard InChI is InChI=1S/C17H28N2O2/c1-12(2)16-10-15(11-17(20)19-7-8-21-4)13(3)9-14(16)5-6-18/h9,12,14-16H,5,7-8,10-11H2,1-4H3,(H,19,20)/t14-,15+,16+/m1/s1. The van der Waals surface area contributed by atoms with E-state index in [2.05, 4.69) is 38.2 Å². The maximum atomic E-state index is 12.0. The van der Waals surface area contributed by atoms with Crippen LogP contribution in [-0.4, -0.2) is 26.2 Å². The topological polar surface area (TPSA) is 62.1 Å². The first-order chi connectivity index (χ1) is 9.99. The zero-order chi connectivity index (χ0) is 15.8. The number of amides is 1. The minimum Gasteiger partial charge on any atom is -0.383 e. The molecule has 0 aromatic heterocycles. The summed E-state index contributed by atoms with van der Waals surface area (Å²) in [7, 11) is 1.63. The van der Waals surface area contributed by atoms with Crippen molar-refractivity contribution in [1.82, 2.24) is 5.32 Å². The van der Waals surface area contributed by atoms with Crippen molar-refractivity contribution in [1.29, 1.82) is 5.26 Å². The van der Waals surface area contributed by atoms with E-state index in [0.717, 1.165) is 6.42 Å². The fraction of sp³-hybridized carbons (Fsp3) is 0.765. The van der Waals surface area contributed by atoms with Crippen molar-refractivity contribution in [3.8, 4) is 6.07 Å². The molecule has 0 saturated carbocycles. The second-order valence-corrected chi connectivity index (χ2v) is 6.32. The fourth-order valence-corrected chi connectivity index (χ4v) is 3.20. The predicted molar refractivity (Wildman–Crippen MR) is 83.4 cm³/mol. The van der Waals surface area contributed by atoms with E-state index in [9.17, 15) is 4.79 Å². The average molecular weight is 292 g/mol. The lowest BCUT2D eigenvalue weighted by Crippen LogP contribution is -2.32. The van der Waals surface area contributed by atoms with E-state index in [0.29, 0.717) is 49.7 Å². The van der Waals surface area contributed by atoms with E-state index >= 15 is 0 Å². The highest BCUT2D eigenvalue weighted by molar-refractivity contribution is 5.76. The molecule has 0 unspecified atom stereocenters. The maximum absolute atomic E-state index is 12.0. The number of allylic oxidation sites excluding steroid dienone is 2. The number of nitrogens with zero attached hydrogens (tertiary/aromatic N) is 1. The van der Waals surface area contributed by atoms with E-state index < -0.39 is 0 Å². The summed E-state index contributed by atoms with van der Waals surface area (Å²) < 4.78 is 4.94. The van der Waals surface area contributed by atoms with Crippen LogP contribution in [0.25, 0.3) is 0 Å². The van der Waals surface area contributed by atoms with Crippen molar-refractivity contribution in [2.75, 3.05) is 20.3 Å². The van der Waals surface area contributed by atoms with Crippen LogP contribution in [0.4, 0.5) is 0 Å². The molecule has 0 aromatic carbocycles. The SMILES string of the molecule is COCCNC(=O)C[C@@H]1C[C@@H](C(C)C)[C@H](CC#N)C=C1C. The number of ether oxygens (including phenoxy) is 1. The van der Waals surface area contributed by atoms with Gasteiger partial charge in [-0.15, -0.1) is 0 Å². The van der Waals surface area contributed by atoms with Gasteiger partial charge in [0.05, 0.1) is 12.7 Å². The lowest BCUT2D eigenvalue weighted by molar-refractivity contribution is -0.122. The normalized spacial score (nSPS) is 25.3. The van der Waals surface area contributed by atoms with Crippen molar-refractivity contribution >= 4 is 5.91 Å². The van der Waals surface area contributed by atoms with Crippen molar-refractivity contribution in [3.05, 3.63) is 11.6 Å². The number of rotatable bonds is 7. The first kappa shape index (κ1) is 17.7. The monoisotopic (exact) mass is 292 g/mol. The van der Waals surface area contributed by atoms with Crippen LogP contribution in [0.1, 0.15) is 40.0 Å². The van der Waals surface area contributed by atoms with Gasteiger partial charge in [-0.3, -0.25) is 4.79 Å². The van der Waals surface area contributed by atoms with Gasteiger partial charge in [-0.05, 0) is 37.0 Å². The molecule has 0 fully saturated rings. The van der Waals surface area contributed by atoms with Crippen LogP contribution in [-0.2, 0) is 9.53 Å². The first-order valence-corrected chi connectivity index (χ1v) is 7.80. The summed E-state index contributed by atoms with van der Waals surface area (Å²) in [5.41, 5.74) is 1.26. The van der Waals surface area contributed by atoms with E-state index in [1.807, 2.05) is 0 Å². The van der Waals surface area contributed by atoms with Gasteiger partial charge in [0.1, 0.15) is 0 Å². The van der Waals surface area contributed by atoms with Crippen molar-refractivity contribution in [2.24, 2.45) is 23.7 Å². The second-order valence-electron chi connectivity index (χ2n) is 6.32. The third kappa shape index (κ3) is 5.51.